The summed E-state index contributed by atoms with van der Waals surface area (Å²) in [6.07, 6.45) is 1.75. The molecule has 0 aliphatic heterocycles. The molecule has 1 aromatic carbocycles. The molecule has 0 aliphatic rings. The van der Waals surface area contributed by atoms with Gasteiger partial charge < -0.3 is 11.1 Å². The van der Waals surface area contributed by atoms with Crippen LogP contribution in [-0.4, -0.2) is 12.5 Å². The Kier molecular flexibility index (Phi) is 3.09. The van der Waals surface area contributed by atoms with Crippen molar-refractivity contribution in [2.24, 2.45) is 5.73 Å². The molecule has 3 N–H and O–H groups in total. The van der Waals surface area contributed by atoms with Crippen molar-refractivity contribution in [1.82, 2.24) is 0 Å². The quantitative estimate of drug-likeness (QED) is 0.681. The van der Waals surface area contributed by atoms with Crippen LogP contribution in [0.15, 0.2) is 36.9 Å². The fraction of sp³-hybridized carbons (Fsp3) is 0.100. The molecular weight excluding hydrogens is 164 g/mol. The molecule has 13 heavy (non-hydrogen) atoms. The van der Waals surface area contributed by atoms with Gasteiger partial charge in [-0.2, -0.15) is 0 Å². The van der Waals surface area contributed by atoms with Crippen molar-refractivity contribution in [3.63, 3.8) is 0 Å². The van der Waals surface area contributed by atoms with E-state index in [4.69, 9.17) is 5.73 Å². The normalized spacial score (nSPS) is 9.23. The topological polar surface area (TPSA) is 55.1 Å². The summed E-state index contributed by atoms with van der Waals surface area (Å²) in [4.78, 5) is 10.8. The Morgan fingerprint density at radius 3 is 3.00 bits per heavy atom. The number of amides is 1. The fourth-order valence-electron chi connectivity index (χ4n) is 0.972. The predicted octanol–water partition coefficient (Wildman–Crippen LogP) is 1.38. The molecule has 0 saturated carbocycles. The lowest BCUT2D eigenvalue weighted by Gasteiger charge is -2.03. The number of carbonyl (C=O) groups is 1. The minimum Gasteiger partial charge on any atom is -0.382 e. The van der Waals surface area contributed by atoms with Crippen LogP contribution >= 0.6 is 0 Å². The summed E-state index contributed by atoms with van der Waals surface area (Å²) >= 11 is 0. The molecule has 0 atom stereocenters. The maximum Gasteiger partial charge on any atom is 0.248 e. The number of primary amides is 1. The molecule has 0 spiro atoms. The molecule has 0 unspecified atom stereocenters. The summed E-state index contributed by atoms with van der Waals surface area (Å²) in [6, 6.07) is 7.05. The van der Waals surface area contributed by atoms with E-state index in [9.17, 15) is 4.79 Å². The summed E-state index contributed by atoms with van der Waals surface area (Å²) in [5.74, 6) is -0.415. The fourth-order valence-corrected chi connectivity index (χ4v) is 0.972. The van der Waals surface area contributed by atoms with Gasteiger partial charge in [0.2, 0.25) is 5.91 Å². The highest BCUT2D eigenvalue weighted by molar-refractivity contribution is 5.93. The van der Waals surface area contributed by atoms with Crippen LogP contribution in [0.4, 0.5) is 5.69 Å². The molecule has 0 fully saturated rings. The highest BCUT2D eigenvalue weighted by Gasteiger charge is 1.99. The Morgan fingerprint density at radius 2 is 2.38 bits per heavy atom. The van der Waals surface area contributed by atoms with E-state index in [1.54, 1.807) is 24.3 Å². The van der Waals surface area contributed by atoms with E-state index in [0.29, 0.717) is 12.1 Å². The first-order chi connectivity index (χ1) is 6.24. The van der Waals surface area contributed by atoms with Gasteiger partial charge in [0.1, 0.15) is 0 Å². The van der Waals surface area contributed by atoms with Gasteiger partial charge in [0.25, 0.3) is 0 Å². The molecule has 1 aromatic rings. The minimum absolute atomic E-state index is 0.415. The zero-order valence-corrected chi connectivity index (χ0v) is 7.29. The SMILES string of the molecule is C=CCNc1cccc(C(N)=O)c1. The third-order valence-electron chi connectivity index (χ3n) is 1.60. The van der Waals surface area contributed by atoms with Gasteiger partial charge in [0.15, 0.2) is 0 Å². The van der Waals surface area contributed by atoms with Crippen LogP contribution < -0.4 is 11.1 Å². The van der Waals surface area contributed by atoms with Crippen LogP contribution in [0.1, 0.15) is 10.4 Å². The van der Waals surface area contributed by atoms with Crippen molar-refractivity contribution in [2.45, 2.75) is 0 Å². The second kappa shape index (κ2) is 4.30. The van der Waals surface area contributed by atoms with E-state index in [1.807, 2.05) is 6.07 Å². The van der Waals surface area contributed by atoms with Gasteiger partial charge in [-0.3, -0.25) is 4.79 Å². The van der Waals surface area contributed by atoms with Gasteiger partial charge in [-0.1, -0.05) is 12.1 Å². The van der Waals surface area contributed by atoms with Crippen molar-refractivity contribution in [2.75, 3.05) is 11.9 Å². The van der Waals surface area contributed by atoms with E-state index in [0.717, 1.165) is 5.69 Å². The molecule has 3 nitrogen and oxygen atoms in total. The van der Waals surface area contributed by atoms with Crippen LogP contribution in [0.5, 0.6) is 0 Å². The number of hydrogen-bond acceptors (Lipinski definition) is 2. The van der Waals surface area contributed by atoms with Crippen LogP contribution in [0.2, 0.25) is 0 Å². The van der Waals surface area contributed by atoms with Crippen LogP contribution in [0, 0.1) is 0 Å². The molecule has 68 valence electrons. The molecule has 1 rings (SSSR count). The third-order valence-corrected chi connectivity index (χ3v) is 1.60. The largest absolute Gasteiger partial charge is 0.382 e. The van der Waals surface area contributed by atoms with E-state index in [1.165, 1.54) is 0 Å². The van der Waals surface area contributed by atoms with Crippen molar-refractivity contribution in [1.29, 1.82) is 0 Å². The zero-order chi connectivity index (χ0) is 9.68. The molecule has 0 heterocycles. The maximum absolute atomic E-state index is 10.8. The van der Waals surface area contributed by atoms with Crippen molar-refractivity contribution in [3.05, 3.63) is 42.5 Å². The standard InChI is InChI=1S/C10H12N2O/c1-2-6-12-9-5-3-4-8(7-9)10(11)13/h2-5,7,12H,1,6H2,(H2,11,13). The lowest BCUT2D eigenvalue weighted by atomic mass is 10.2. The first-order valence-corrected chi connectivity index (χ1v) is 3.98. The number of hydrogen-bond donors (Lipinski definition) is 2. The second-order valence-electron chi connectivity index (χ2n) is 2.61. The average Bonchev–Trinajstić information content (AvgIpc) is 2.15. The molecule has 0 aliphatic carbocycles. The zero-order valence-electron chi connectivity index (χ0n) is 7.29. The van der Waals surface area contributed by atoms with Gasteiger partial charge in [-0.15, -0.1) is 6.58 Å². The molecule has 0 aromatic heterocycles. The first kappa shape index (κ1) is 9.32. The number of anilines is 1. The second-order valence-corrected chi connectivity index (χ2v) is 2.61. The summed E-state index contributed by atoms with van der Waals surface area (Å²) in [5, 5.41) is 3.06. The summed E-state index contributed by atoms with van der Waals surface area (Å²) < 4.78 is 0. The summed E-state index contributed by atoms with van der Waals surface area (Å²) in [6.45, 7) is 4.25. The van der Waals surface area contributed by atoms with Crippen molar-refractivity contribution >= 4 is 11.6 Å². The number of nitrogens with one attached hydrogen (secondary N) is 1. The maximum atomic E-state index is 10.8. The van der Waals surface area contributed by atoms with Crippen molar-refractivity contribution < 1.29 is 4.79 Å². The van der Waals surface area contributed by atoms with Gasteiger partial charge in [-0.05, 0) is 18.2 Å². The van der Waals surface area contributed by atoms with Gasteiger partial charge in [-0.25, -0.2) is 0 Å². The molecule has 1 amide bonds. The Hall–Kier alpha value is -1.77. The van der Waals surface area contributed by atoms with Crippen LogP contribution in [-0.2, 0) is 0 Å². The lowest BCUT2D eigenvalue weighted by Crippen LogP contribution is -2.11. The summed E-state index contributed by atoms with van der Waals surface area (Å²) in [7, 11) is 0. The van der Waals surface area contributed by atoms with E-state index in [2.05, 4.69) is 11.9 Å². The van der Waals surface area contributed by atoms with Crippen LogP contribution in [0.25, 0.3) is 0 Å². The van der Waals surface area contributed by atoms with Gasteiger partial charge in [0.05, 0.1) is 0 Å². The Balaban J connectivity index is 2.79. The molecule has 0 radical (unpaired) electrons. The van der Waals surface area contributed by atoms with E-state index in [-0.39, 0.29) is 0 Å². The van der Waals surface area contributed by atoms with Crippen molar-refractivity contribution in [3.8, 4) is 0 Å². The average molecular weight is 176 g/mol. The smallest absolute Gasteiger partial charge is 0.248 e. The number of rotatable bonds is 4. The first-order valence-electron chi connectivity index (χ1n) is 3.98. The molecular formula is C10H12N2O. The highest BCUT2D eigenvalue weighted by Crippen LogP contribution is 2.09. The third kappa shape index (κ3) is 2.63. The Morgan fingerprint density at radius 1 is 1.62 bits per heavy atom. The monoisotopic (exact) mass is 176 g/mol. The van der Waals surface area contributed by atoms with E-state index >= 15 is 0 Å². The minimum atomic E-state index is -0.415. The number of nitrogens with two attached hydrogens (primary N) is 1. The molecule has 3 heteroatoms. The highest BCUT2D eigenvalue weighted by atomic mass is 16.1. The predicted molar refractivity (Wildman–Crippen MR) is 53.6 cm³/mol. The lowest BCUT2D eigenvalue weighted by molar-refractivity contribution is 0.100. The van der Waals surface area contributed by atoms with E-state index < -0.39 is 5.91 Å². The number of benzene rings is 1. The summed E-state index contributed by atoms with van der Waals surface area (Å²) in [5.41, 5.74) is 6.50. The van der Waals surface area contributed by atoms with Crippen LogP contribution in [0.3, 0.4) is 0 Å². The molecule has 0 saturated heterocycles. The van der Waals surface area contributed by atoms with Gasteiger partial charge in [0, 0.05) is 17.8 Å². The van der Waals surface area contributed by atoms with Gasteiger partial charge >= 0.3 is 0 Å². The Bertz CT molecular complexity index is 320. The number of carbonyl (C=O) groups excluding carboxylic acids is 1. The molecule has 0 bridgehead atoms. The Labute approximate surface area is 77.3 Å².